The van der Waals surface area contributed by atoms with Gasteiger partial charge in [-0.15, -0.1) is 0 Å². The van der Waals surface area contributed by atoms with E-state index >= 15 is 0 Å². The predicted octanol–water partition coefficient (Wildman–Crippen LogP) is 1.17. The number of fused-ring (bicyclic) bond motifs is 1. The van der Waals surface area contributed by atoms with Crippen LogP contribution in [-0.4, -0.2) is 57.3 Å². The summed E-state index contributed by atoms with van der Waals surface area (Å²) in [5, 5.41) is 19.8. The average molecular weight is 447 g/mol. The SMILES string of the molecule is CC(CCn1ccc2cc(C#CC#CC3(O)CSC3)ccc21)(C(=O)NO)S(C)(=O)=O. The molecule has 1 aliphatic heterocycles. The van der Waals surface area contributed by atoms with Gasteiger partial charge in [0.25, 0.3) is 5.91 Å². The van der Waals surface area contributed by atoms with Crippen LogP contribution in [0.2, 0.25) is 0 Å². The van der Waals surface area contributed by atoms with Crippen molar-refractivity contribution in [3.63, 3.8) is 0 Å². The van der Waals surface area contributed by atoms with E-state index in [0.717, 1.165) is 22.7 Å². The molecule has 2 heterocycles. The number of carbonyl (C=O) groups is 1. The second-order valence-corrected chi connectivity index (χ2v) is 10.9. The molecule has 9 heteroatoms. The first kappa shape index (κ1) is 22.3. The molecule has 2 aromatic rings. The highest BCUT2D eigenvalue weighted by atomic mass is 32.2. The number of aromatic nitrogens is 1. The van der Waals surface area contributed by atoms with Crippen LogP contribution in [0, 0.1) is 23.7 Å². The van der Waals surface area contributed by atoms with Gasteiger partial charge in [-0.1, -0.05) is 11.8 Å². The Morgan fingerprint density at radius 1 is 1.33 bits per heavy atom. The Kier molecular flexibility index (Phi) is 6.21. The highest BCUT2D eigenvalue weighted by Gasteiger charge is 2.43. The van der Waals surface area contributed by atoms with Gasteiger partial charge in [0.2, 0.25) is 0 Å². The Bertz CT molecular complexity index is 1210. The summed E-state index contributed by atoms with van der Waals surface area (Å²) in [6.07, 6.45) is 2.79. The quantitative estimate of drug-likeness (QED) is 0.362. The number of hydrogen-bond donors (Lipinski definition) is 3. The predicted molar refractivity (Wildman–Crippen MR) is 117 cm³/mol. The van der Waals surface area contributed by atoms with Gasteiger partial charge in [-0.05, 0) is 49.5 Å². The molecule has 3 rings (SSSR count). The van der Waals surface area contributed by atoms with Crippen molar-refractivity contribution in [2.75, 3.05) is 17.8 Å². The molecule has 1 unspecified atom stereocenters. The molecule has 1 amide bonds. The topological polar surface area (TPSA) is 109 Å². The first-order chi connectivity index (χ1) is 14.1. The van der Waals surface area contributed by atoms with Crippen molar-refractivity contribution in [1.29, 1.82) is 0 Å². The Balaban J connectivity index is 1.77. The molecule has 1 aliphatic rings. The molecule has 3 N–H and O–H groups in total. The minimum absolute atomic E-state index is 0.000346. The van der Waals surface area contributed by atoms with Crippen molar-refractivity contribution in [3.05, 3.63) is 36.0 Å². The van der Waals surface area contributed by atoms with Crippen molar-refractivity contribution in [3.8, 4) is 23.7 Å². The first-order valence-electron chi connectivity index (χ1n) is 9.14. The first-order valence-corrected chi connectivity index (χ1v) is 12.2. The molecule has 158 valence electrons. The summed E-state index contributed by atoms with van der Waals surface area (Å²) in [5.74, 6) is 11.5. The number of sulfone groups is 1. The molecule has 30 heavy (non-hydrogen) atoms. The van der Waals surface area contributed by atoms with Gasteiger partial charge in [0.15, 0.2) is 14.6 Å². The van der Waals surface area contributed by atoms with E-state index in [0.29, 0.717) is 11.5 Å². The summed E-state index contributed by atoms with van der Waals surface area (Å²) in [7, 11) is -3.75. The van der Waals surface area contributed by atoms with Gasteiger partial charge >= 0.3 is 0 Å². The zero-order chi connectivity index (χ0) is 22.0. The molecule has 1 saturated heterocycles. The molecule has 0 saturated carbocycles. The van der Waals surface area contributed by atoms with Gasteiger partial charge in [0.1, 0.15) is 5.60 Å². The number of nitrogens with one attached hydrogen (secondary N) is 1. The van der Waals surface area contributed by atoms with E-state index < -0.39 is 26.1 Å². The highest BCUT2D eigenvalue weighted by molar-refractivity contribution is 8.00. The summed E-state index contributed by atoms with van der Waals surface area (Å²) >= 11 is 1.64. The lowest BCUT2D eigenvalue weighted by molar-refractivity contribution is -0.131. The summed E-state index contributed by atoms with van der Waals surface area (Å²) in [4.78, 5) is 12.0. The van der Waals surface area contributed by atoms with Gasteiger partial charge in [0.05, 0.1) is 0 Å². The highest BCUT2D eigenvalue weighted by Crippen LogP contribution is 2.28. The molecule has 7 nitrogen and oxygen atoms in total. The lowest BCUT2D eigenvalue weighted by atomic mass is 10.1. The molecule has 1 fully saturated rings. The Morgan fingerprint density at radius 2 is 2.07 bits per heavy atom. The van der Waals surface area contributed by atoms with Gasteiger partial charge in [-0.2, -0.15) is 11.8 Å². The molecular weight excluding hydrogens is 424 g/mol. The fourth-order valence-electron chi connectivity index (χ4n) is 3.01. The number of aliphatic hydroxyl groups is 1. The Morgan fingerprint density at radius 3 is 2.67 bits per heavy atom. The van der Waals surface area contributed by atoms with Crippen molar-refractivity contribution in [1.82, 2.24) is 10.0 Å². The van der Waals surface area contributed by atoms with Crippen LogP contribution in [0.4, 0.5) is 0 Å². The number of carbonyl (C=O) groups excluding carboxylic acids is 1. The number of benzene rings is 1. The lowest BCUT2D eigenvalue weighted by Gasteiger charge is -2.29. The minimum atomic E-state index is -3.75. The monoisotopic (exact) mass is 446 g/mol. The third kappa shape index (κ3) is 4.50. The number of nitrogens with zero attached hydrogens (tertiary/aromatic N) is 1. The summed E-state index contributed by atoms with van der Waals surface area (Å²) in [6.45, 7) is 1.57. The maximum absolute atomic E-state index is 12.1. The molecule has 0 spiro atoms. The van der Waals surface area contributed by atoms with Crippen molar-refractivity contribution in [2.24, 2.45) is 0 Å². The van der Waals surface area contributed by atoms with Crippen LogP contribution in [-0.2, 0) is 21.2 Å². The van der Waals surface area contributed by atoms with E-state index in [-0.39, 0.29) is 13.0 Å². The third-order valence-electron chi connectivity index (χ3n) is 5.25. The molecule has 1 aromatic carbocycles. The van der Waals surface area contributed by atoms with Crippen LogP contribution in [0.25, 0.3) is 10.9 Å². The van der Waals surface area contributed by atoms with Crippen LogP contribution < -0.4 is 5.48 Å². The third-order valence-corrected chi connectivity index (χ3v) is 8.64. The van der Waals surface area contributed by atoms with Crippen molar-refractivity contribution in [2.45, 2.75) is 30.2 Å². The number of thioether (sulfide) groups is 1. The van der Waals surface area contributed by atoms with E-state index in [1.54, 1.807) is 11.8 Å². The van der Waals surface area contributed by atoms with E-state index in [2.05, 4.69) is 23.7 Å². The largest absolute Gasteiger partial charge is 0.376 e. The van der Waals surface area contributed by atoms with Crippen LogP contribution >= 0.6 is 11.8 Å². The number of rotatable bonds is 5. The zero-order valence-electron chi connectivity index (χ0n) is 16.6. The molecular formula is C21H22N2O5S2. The second-order valence-electron chi connectivity index (χ2n) is 7.50. The minimum Gasteiger partial charge on any atom is -0.376 e. The lowest BCUT2D eigenvalue weighted by Crippen LogP contribution is -2.49. The van der Waals surface area contributed by atoms with E-state index in [1.165, 1.54) is 12.4 Å². The van der Waals surface area contributed by atoms with Gasteiger partial charge in [-0.25, -0.2) is 13.9 Å². The summed E-state index contributed by atoms with van der Waals surface area (Å²) < 4.78 is 24.3. The van der Waals surface area contributed by atoms with E-state index in [1.807, 2.05) is 35.0 Å². The van der Waals surface area contributed by atoms with Gasteiger partial charge in [0, 0.05) is 47.0 Å². The average Bonchev–Trinajstić information content (AvgIpc) is 3.08. The Labute approximate surface area is 179 Å². The number of aryl methyl sites for hydroxylation is 1. The van der Waals surface area contributed by atoms with E-state index in [9.17, 15) is 18.3 Å². The molecule has 0 bridgehead atoms. The number of hydroxylamine groups is 1. The van der Waals surface area contributed by atoms with Crippen LogP contribution in [0.3, 0.4) is 0 Å². The molecule has 0 aliphatic carbocycles. The second kappa shape index (κ2) is 8.37. The van der Waals surface area contributed by atoms with Crippen molar-refractivity contribution >= 4 is 38.4 Å². The standard InChI is InChI=1S/C21H22N2O5S2/c1-20(19(24)22-26,30(2,27)28)10-12-23-11-8-17-13-16(6-7-18(17)23)5-3-4-9-21(25)14-29-15-21/h6-8,11,13,25-26H,10,12,14-15H2,1-2H3,(H,22,24). The molecule has 1 atom stereocenters. The maximum atomic E-state index is 12.1. The maximum Gasteiger partial charge on any atom is 0.264 e. The molecule has 1 aromatic heterocycles. The van der Waals surface area contributed by atoms with Crippen LogP contribution in [0.15, 0.2) is 30.5 Å². The molecule has 0 radical (unpaired) electrons. The zero-order valence-corrected chi connectivity index (χ0v) is 18.2. The fourth-order valence-corrected chi connectivity index (χ4v) is 4.59. The fraction of sp³-hybridized carbons (Fsp3) is 0.381. The van der Waals surface area contributed by atoms with Crippen LogP contribution in [0.1, 0.15) is 18.9 Å². The Hall–Kier alpha value is -2.43. The number of amides is 1. The normalized spacial score (nSPS) is 16.9. The smallest absolute Gasteiger partial charge is 0.264 e. The summed E-state index contributed by atoms with van der Waals surface area (Å²) in [5.41, 5.74) is 2.19. The van der Waals surface area contributed by atoms with Crippen LogP contribution in [0.5, 0.6) is 0 Å². The van der Waals surface area contributed by atoms with Gasteiger partial charge in [-0.3, -0.25) is 10.0 Å². The number of hydrogen-bond acceptors (Lipinski definition) is 6. The van der Waals surface area contributed by atoms with Crippen molar-refractivity contribution < 1.29 is 23.5 Å². The van der Waals surface area contributed by atoms with E-state index in [4.69, 9.17) is 5.21 Å². The summed E-state index contributed by atoms with van der Waals surface area (Å²) in [6, 6.07) is 7.47. The van der Waals surface area contributed by atoms with Gasteiger partial charge < -0.3 is 9.67 Å².